The second kappa shape index (κ2) is 9.92. The van der Waals surface area contributed by atoms with E-state index < -0.39 is 23.1 Å². The van der Waals surface area contributed by atoms with Gasteiger partial charge in [0.15, 0.2) is 5.54 Å². The first-order chi connectivity index (χ1) is 16.9. The molecule has 2 aromatic carbocycles. The lowest BCUT2D eigenvalue weighted by Gasteiger charge is -2.34. The molecule has 2 aliphatic rings. The number of carbonyl (C=O) groups excluding carboxylic acids is 3. The summed E-state index contributed by atoms with van der Waals surface area (Å²) < 4.78 is 10.8. The molecule has 184 valence electrons. The Bertz CT molecular complexity index is 1170. The maximum absolute atomic E-state index is 14.1. The van der Waals surface area contributed by atoms with E-state index in [2.05, 4.69) is 0 Å². The fourth-order valence-electron chi connectivity index (χ4n) is 4.92. The molecular weight excluding hydrogens is 448 g/mol. The number of hydrogen-bond donors (Lipinski definition) is 1. The number of para-hydroxylation sites is 1. The molecule has 2 heterocycles. The summed E-state index contributed by atoms with van der Waals surface area (Å²) in [4.78, 5) is 43.7. The highest BCUT2D eigenvalue weighted by Gasteiger charge is 2.66. The molecule has 35 heavy (non-hydrogen) atoms. The summed E-state index contributed by atoms with van der Waals surface area (Å²) in [5.74, 6) is -1.89. The van der Waals surface area contributed by atoms with Crippen molar-refractivity contribution in [2.45, 2.75) is 32.2 Å². The van der Waals surface area contributed by atoms with Gasteiger partial charge in [-0.05, 0) is 50.1 Å². The fourth-order valence-corrected chi connectivity index (χ4v) is 4.92. The number of rotatable bonds is 9. The molecule has 4 rings (SSSR count). The molecule has 1 fully saturated rings. The molecule has 8 nitrogen and oxygen atoms in total. The summed E-state index contributed by atoms with van der Waals surface area (Å²) >= 11 is 0. The van der Waals surface area contributed by atoms with Crippen LogP contribution < -0.4 is 9.64 Å². The molecule has 1 saturated heterocycles. The van der Waals surface area contributed by atoms with E-state index in [1.807, 2.05) is 13.8 Å². The van der Waals surface area contributed by atoms with Crippen LogP contribution in [0.3, 0.4) is 0 Å². The number of ketones is 1. The van der Waals surface area contributed by atoms with E-state index in [1.54, 1.807) is 60.5 Å². The fraction of sp³-hybridized carbons (Fsp3) is 0.370. The lowest BCUT2D eigenvalue weighted by atomic mass is 9.82. The number of nitrogens with zero attached hydrogens (tertiary/aromatic N) is 2. The number of anilines is 1. The average Bonchev–Trinajstić information content (AvgIpc) is 3.25. The van der Waals surface area contributed by atoms with Crippen LogP contribution in [-0.4, -0.2) is 61.0 Å². The van der Waals surface area contributed by atoms with Gasteiger partial charge < -0.3 is 24.4 Å². The monoisotopic (exact) mass is 478 g/mol. The number of Topliss-reactive ketones (excluding diaryl/α,β-unsaturated/α-hetero) is 1. The van der Waals surface area contributed by atoms with Crippen LogP contribution in [-0.2, 0) is 24.7 Å². The van der Waals surface area contributed by atoms with Crippen molar-refractivity contribution in [3.63, 3.8) is 0 Å². The molecule has 0 aliphatic carbocycles. The third-order valence-electron chi connectivity index (χ3n) is 6.46. The second-order valence-corrected chi connectivity index (χ2v) is 8.51. The topological polar surface area (TPSA) is 96.4 Å². The van der Waals surface area contributed by atoms with Gasteiger partial charge in [0, 0.05) is 37.9 Å². The quantitative estimate of drug-likeness (QED) is 0.257. The van der Waals surface area contributed by atoms with E-state index in [-0.39, 0.29) is 17.9 Å². The molecule has 8 heteroatoms. The first-order valence-electron chi connectivity index (χ1n) is 11.9. The van der Waals surface area contributed by atoms with Crippen LogP contribution in [0.1, 0.15) is 37.8 Å². The molecule has 1 spiro atoms. The van der Waals surface area contributed by atoms with Crippen molar-refractivity contribution in [2.75, 3.05) is 38.3 Å². The van der Waals surface area contributed by atoms with Crippen LogP contribution in [0.5, 0.6) is 5.75 Å². The largest absolute Gasteiger partial charge is 0.507 e. The highest BCUT2D eigenvalue weighted by Crippen LogP contribution is 2.53. The number of aliphatic hydroxyl groups excluding tert-OH is 1. The Hall–Kier alpha value is -3.65. The van der Waals surface area contributed by atoms with Gasteiger partial charge in [0.25, 0.3) is 17.6 Å². The van der Waals surface area contributed by atoms with Crippen molar-refractivity contribution < 1.29 is 29.0 Å². The Kier molecular flexibility index (Phi) is 6.93. The predicted octanol–water partition coefficient (Wildman–Crippen LogP) is 3.45. The molecule has 1 N–H and O–H groups in total. The van der Waals surface area contributed by atoms with E-state index in [1.165, 1.54) is 4.90 Å². The Morgan fingerprint density at radius 2 is 1.71 bits per heavy atom. The number of methoxy groups -OCH3 is 1. The van der Waals surface area contributed by atoms with Crippen molar-refractivity contribution >= 4 is 29.0 Å². The van der Waals surface area contributed by atoms with Crippen LogP contribution in [0.2, 0.25) is 0 Å². The molecule has 0 aromatic heterocycles. The van der Waals surface area contributed by atoms with Crippen LogP contribution in [0.4, 0.5) is 5.69 Å². The van der Waals surface area contributed by atoms with Gasteiger partial charge in [0.1, 0.15) is 11.5 Å². The van der Waals surface area contributed by atoms with Gasteiger partial charge in [-0.25, -0.2) is 0 Å². The smallest absolute Gasteiger partial charge is 0.296 e. The predicted molar refractivity (Wildman–Crippen MR) is 131 cm³/mol. The average molecular weight is 479 g/mol. The van der Waals surface area contributed by atoms with Gasteiger partial charge in [0.2, 0.25) is 0 Å². The number of fused-ring (bicyclic) bond motifs is 2. The minimum absolute atomic E-state index is 0.122. The van der Waals surface area contributed by atoms with E-state index in [4.69, 9.17) is 9.47 Å². The number of likely N-dealkylation sites (N-methyl/N-ethyl adjacent to an activating group) is 1. The van der Waals surface area contributed by atoms with E-state index in [0.29, 0.717) is 48.7 Å². The SMILES string of the molecule is CCCOc1ccc(/C(O)=C2\C(=O)C(=O)N(CCCOC)C23C(=O)N(CC)c2ccccc23)cc1. The molecule has 2 aromatic rings. The Morgan fingerprint density at radius 3 is 2.37 bits per heavy atom. The minimum Gasteiger partial charge on any atom is -0.507 e. The summed E-state index contributed by atoms with van der Waals surface area (Å²) in [7, 11) is 1.55. The number of aliphatic hydroxyl groups is 1. The number of ether oxygens (including phenoxy) is 2. The van der Waals surface area contributed by atoms with Crippen molar-refractivity contribution in [1.29, 1.82) is 0 Å². The molecule has 0 bridgehead atoms. The van der Waals surface area contributed by atoms with Crippen LogP contribution in [0.15, 0.2) is 54.1 Å². The Balaban J connectivity index is 1.93. The van der Waals surface area contributed by atoms with E-state index in [0.717, 1.165) is 6.42 Å². The zero-order valence-corrected chi connectivity index (χ0v) is 20.2. The lowest BCUT2D eigenvalue weighted by Crippen LogP contribution is -2.52. The zero-order chi connectivity index (χ0) is 25.2. The Labute approximate surface area is 204 Å². The van der Waals surface area contributed by atoms with Crippen molar-refractivity contribution in [3.8, 4) is 5.75 Å². The minimum atomic E-state index is -1.74. The zero-order valence-electron chi connectivity index (χ0n) is 20.2. The number of carbonyl (C=O) groups is 3. The molecule has 0 radical (unpaired) electrons. The van der Waals surface area contributed by atoms with Crippen LogP contribution >= 0.6 is 0 Å². The number of hydrogen-bond acceptors (Lipinski definition) is 6. The molecule has 2 amide bonds. The summed E-state index contributed by atoms with van der Waals surface area (Å²) in [5, 5.41) is 11.4. The van der Waals surface area contributed by atoms with E-state index >= 15 is 0 Å². The third-order valence-corrected chi connectivity index (χ3v) is 6.46. The third kappa shape index (κ3) is 3.78. The highest BCUT2D eigenvalue weighted by atomic mass is 16.5. The summed E-state index contributed by atoms with van der Waals surface area (Å²) in [5.41, 5.74) is -0.504. The lowest BCUT2D eigenvalue weighted by molar-refractivity contribution is -0.143. The van der Waals surface area contributed by atoms with Gasteiger partial charge in [-0.2, -0.15) is 0 Å². The van der Waals surface area contributed by atoms with Crippen LogP contribution in [0, 0.1) is 0 Å². The maximum Gasteiger partial charge on any atom is 0.296 e. The van der Waals surface area contributed by atoms with Crippen molar-refractivity contribution in [2.24, 2.45) is 0 Å². The first-order valence-corrected chi connectivity index (χ1v) is 11.9. The molecule has 2 aliphatic heterocycles. The molecule has 0 saturated carbocycles. The van der Waals surface area contributed by atoms with Gasteiger partial charge in [-0.1, -0.05) is 25.1 Å². The van der Waals surface area contributed by atoms with Crippen molar-refractivity contribution in [3.05, 3.63) is 65.2 Å². The first kappa shape index (κ1) is 24.5. The van der Waals surface area contributed by atoms with Gasteiger partial charge >= 0.3 is 0 Å². The number of amides is 2. The second-order valence-electron chi connectivity index (χ2n) is 8.51. The standard InChI is InChI=1S/C27H30N2O6/c1-4-16-35-19-13-11-18(12-14-19)23(30)22-24(31)25(32)29(15-8-17-34-3)27(22)20-9-6-7-10-21(20)28(5-2)26(27)33/h6-7,9-14,30H,4-5,8,15-17H2,1-3H3/b23-22-. The maximum atomic E-state index is 14.1. The van der Waals surface area contributed by atoms with Gasteiger partial charge in [-0.3, -0.25) is 14.4 Å². The van der Waals surface area contributed by atoms with E-state index in [9.17, 15) is 19.5 Å². The summed E-state index contributed by atoms with van der Waals surface area (Å²) in [6.45, 7) is 5.21. The normalized spacial score (nSPS) is 20.7. The van der Waals surface area contributed by atoms with Gasteiger partial charge in [-0.15, -0.1) is 0 Å². The number of benzene rings is 2. The summed E-state index contributed by atoms with van der Waals surface area (Å²) in [6, 6.07) is 13.7. The van der Waals surface area contributed by atoms with Crippen LogP contribution in [0.25, 0.3) is 5.76 Å². The number of likely N-dealkylation sites (tertiary alicyclic amines) is 1. The van der Waals surface area contributed by atoms with Gasteiger partial charge in [0.05, 0.1) is 17.9 Å². The highest BCUT2D eigenvalue weighted by molar-refractivity contribution is 6.50. The van der Waals surface area contributed by atoms with Crippen molar-refractivity contribution in [1.82, 2.24) is 4.90 Å². The molecule has 1 unspecified atom stereocenters. The molecule has 1 atom stereocenters. The molecular formula is C27H30N2O6. The Morgan fingerprint density at radius 1 is 1.00 bits per heavy atom. The summed E-state index contributed by atoms with van der Waals surface area (Å²) in [6.07, 6.45) is 1.28.